The Labute approximate surface area is 210 Å². The predicted molar refractivity (Wildman–Crippen MR) is 136 cm³/mol. The van der Waals surface area contributed by atoms with Crippen molar-refractivity contribution in [3.63, 3.8) is 0 Å². The number of ether oxygens (including phenoxy) is 1. The number of para-hydroxylation sites is 1. The van der Waals surface area contributed by atoms with Crippen LogP contribution in [0.15, 0.2) is 80.7 Å². The van der Waals surface area contributed by atoms with Crippen molar-refractivity contribution in [1.29, 1.82) is 0 Å². The molecule has 0 aliphatic carbocycles. The molecule has 33 heavy (non-hydrogen) atoms. The van der Waals surface area contributed by atoms with Gasteiger partial charge in [0.05, 0.1) is 14.7 Å². The summed E-state index contributed by atoms with van der Waals surface area (Å²) >= 11 is 5.58. The van der Waals surface area contributed by atoms with Crippen molar-refractivity contribution in [2.45, 2.75) is 6.61 Å². The quantitative estimate of drug-likeness (QED) is 0.117. The lowest BCUT2D eigenvalue weighted by molar-refractivity contribution is -0.384. The van der Waals surface area contributed by atoms with E-state index in [1.165, 1.54) is 18.3 Å². The van der Waals surface area contributed by atoms with Crippen molar-refractivity contribution in [3.05, 3.63) is 102 Å². The van der Waals surface area contributed by atoms with Crippen molar-refractivity contribution >= 4 is 67.3 Å². The van der Waals surface area contributed by atoms with Crippen molar-refractivity contribution in [2.75, 3.05) is 0 Å². The van der Waals surface area contributed by atoms with Crippen LogP contribution in [0.5, 0.6) is 5.75 Å². The molecule has 0 atom stereocenters. The summed E-state index contributed by atoms with van der Waals surface area (Å²) in [6.45, 7) is 0.225. The van der Waals surface area contributed by atoms with E-state index in [-0.39, 0.29) is 18.1 Å². The van der Waals surface area contributed by atoms with Gasteiger partial charge in [0.1, 0.15) is 17.9 Å². The fourth-order valence-electron chi connectivity index (χ4n) is 3.00. The summed E-state index contributed by atoms with van der Waals surface area (Å²) in [5.41, 5.74) is 4.56. The van der Waals surface area contributed by atoms with Crippen LogP contribution in [0.2, 0.25) is 0 Å². The minimum Gasteiger partial charge on any atom is -0.488 e. The molecule has 8 nitrogen and oxygen atoms in total. The normalized spacial score (nSPS) is 11.1. The molecule has 1 aromatic heterocycles. The molecule has 0 radical (unpaired) electrons. The molecule has 0 fully saturated rings. The van der Waals surface area contributed by atoms with Crippen LogP contribution in [0.4, 0.5) is 5.69 Å². The summed E-state index contributed by atoms with van der Waals surface area (Å²) < 4.78 is 13.3. The second kappa shape index (κ2) is 10.1. The van der Waals surface area contributed by atoms with E-state index in [1.807, 2.05) is 24.3 Å². The summed E-state index contributed by atoms with van der Waals surface area (Å²) in [5.74, 6) is 0.233. The highest BCUT2D eigenvalue weighted by Gasteiger charge is 2.14. The number of fused-ring (bicyclic) bond motifs is 1. The first-order valence-corrected chi connectivity index (χ1v) is 11.4. The van der Waals surface area contributed by atoms with Crippen molar-refractivity contribution < 1.29 is 18.9 Å². The summed E-state index contributed by atoms with van der Waals surface area (Å²) in [6.07, 6.45) is 1.48. The Kier molecular flexibility index (Phi) is 7.04. The molecule has 0 bridgehead atoms. The van der Waals surface area contributed by atoms with E-state index in [0.29, 0.717) is 16.9 Å². The highest BCUT2D eigenvalue weighted by Crippen LogP contribution is 2.28. The number of nitrogens with one attached hydrogen (secondary N) is 1. The number of hydrogen-bond acceptors (Lipinski definition) is 6. The fraction of sp³-hybridized carbons (Fsp3) is 0.0435. The van der Waals surface area contributed by atoms with Crippen molar-refractivity contribution in [2.24, 2.45) is 5.10 Å². The average molecular weight is 620 g/mol. The third kappa shape index (κ3) is 5.57. The molecule has 0 saturated carbocycles. The molecule has 0 aliphatic heterocycles. The molecule has 166 valence electrons. The van der Waals surface area contributed by atoms with Crippen LogP contribution >= 0.6 is 38.5 Å². The van der Waals surface area contributed by atoms with Gasteiger partial charge in [0.2, 0.25) is 0 Å². The molecule has 1 heterocycles. The van der Waals surface area contributed by atoms with E-state index in [4.69, 9.17) is 9.15 Å². The van der Waals surface area contributed by atoms with Gasteiger partial charge in [-0.1, -0.05) is 28.1 Å². The lowest BCUT2D eigenvalue weighted by atomic mass is 10.2. The SMILES string of the molecule is O=C(N/N=C\c1ccccc1OCc1ccc([N+](=O)[O-])cc1)c1cc2cc(Br)cc(I)c2o1. The number of non-ortho nitro benzene ring substituents is 1. The molecule has 3 aromatic carbocycles. The highest BCUT2D eigenvalue weighted by atomic mass is 127. The maximum Gasteiger partial charge on any atom is 0.307 e. The lowest BCUT2D eigenvalue weighted by Crippen LogP contribution is -2.16. The van der Waals surface area contributed by atoms with E-state index < -0.39 is 10.8 Å². The average Bonchev–Trinajstić information content (AvgIpc) is 3.23. The van der Waals surface area contributed by atoms with Gasteiger partial charge >= 0.3 is 5.91 Å². The number of carbonyl (C=O) groups excluding carboxylic acids is 1. The molecule has 0 unspecified atom stereocenters. The van der Waals surface area contributed by atoms with Crippen molar-refractivity contribution in [3.8, 4) is 5.75 Å². The van der Waals surface area contributed by atoms with Crippen LogP contribution in [0.3, 0.4) is 0 Å². The van der Waals surface area contributed by atoms with Gasteiger partial charge in [-0.3, -0.25) is 14.9 Å². The molecule has 1 amide bonds. The zero-order chi connectivity index (χ0) is 23.4. The number of nitro benzene ring substituents is 1. The van der Waals surface area contributed by atoms with E-state index in [0.717, 1.165) is 19.0 Å². The molecule has 0 saturated heterocycles. The first kappa shape index (κ1) is 22.9. The van der Waals surface area contributed by atoms with Crippen LogP contribution in [0, 0.1) is 13.7 Å². The van der Waals surface area contributed by atoms with E-state index in [1.54, 1.807) is 30.3 Å². The summed E-state index contributed by atoms with van der Waals surface area (Å²) in [5, 5.41) is 15.6. The van der Waals surface area contributed by atoms with Gasteiger partial charge in [-0.25, -0.2) is 5.43 Å². The van der Waals surface area contributed by atoms with Gasteiger partial charge in [-0.05, 0) is 70.6 Å². The molecular formula is C23H15BrIN3O5. The number of carbonyl (C=O) groups is 1. The monoisotopic (exact) mass is 619 g/mol. The smallest absolute Gasteiger partial charge is 0.307 e. The second-order valence-corrected chi connectivity index (χ2v) is 8.94. The number of rotatable bonds is 7. The third-order valence-electron chi connectivity index (χ3n) is 4.59. The number of benzene rings is 3. The van der Waals surface area contributed by atoms with Gasteiger partial charge in [-0.2, -0.15) is 5.10 Å². The van der Waals surface area contributed by atoms with Crippen LogP contribution in [-0.2, 0) is 6.61 Å². The van der Waals surface area contributed by atoms with Crippen LogP contribution < -0.4 is 10.2 Å². The topological polar surface area (TPSA) is 107 Å². The molecule has 4 aromatic rings. The molecule has 0 aliphatic rings. The standard InChI is InChI=1S/C23H15BrIN3O5/c24-17-9-16-10-21(33-22(16)19(25)11-17)23(29)27-26-12-15-3-1-2-4-20(15)32-13-14-5-7-18(8-6-14)28(30)31/h1-12H,13H2,(H,27,29)/b26-12-. The Hall–Kier alpha value is -3.25. The zero-order valence-electron chi connectivity index (χ0n) is 16.8. The number of hydrazone groups is 1. The van der Waals surface area contributed by atoms with Crippen LogP contribution in [0.25, 0.3) is 11.0 Å². The Morgan fingerprint density at radius 1 is 1.18 bits per heavy atom. The number of nitrogens with zero attached hydrogens (tertiary/aromatic N) is 2. The minimum absolute atomic E-state index is 0.0221. The molecular weight excluding hydrogens is 605 g/mol. The first-order chi connectivity index (χ1) is 15.9. The number of hydrogen-bond donors (Lipinski definition) is 1. The lowest BCUT2D eigenvalue weighted by Gasteiger charge is -2.09. The van der Waals surface area contributed by atoms with Gasteiger partial charge in [0, 0.05) is 27.6 Å². The van der Waals surface area contributed by atoms with Gasteiger partial charge < -0.3 is 9.15 Å². The van der Waals surface area contributed by atoms with E-state index >= 15 is 0 Å². The number of nitro groups is 1. The Bertz CT molecular complexity index is 1370. The Morgan fingerprint density at radius 2 is 1.94 bits per heavy atom. The Morgan fingerprint density at radius 3 is 2.70 bits per heavy atom. The largest absolute Gasteiger partial charge is 0.488 e. The van der Waals surface area contributed by atoms with Crippen LogP contribution in [-0.4, -0.2) is 17.0 Å². The van der Waals surface area contributed by atoms with Crippen LogP contribution in [0.1, 0.15) is 21.7 Å². The summed E-state index contributed by atoms with van der Waals surface area (Å²) in [6, 6.07) is 18.8. The van der Waals surface area contributed by atoms with E-state index in [9.17, 15) is 14.9 Å². The Balaban J connectivity index is 1.42. The van der Waals surface area contributed by atoms with Gasteiger partial charge in [0.15, 0.2) is 5.76 Å². The number of halogens is 2. The summed E-state index contributed by atoms with van der Waals surface area (Å²) in [4.78, 5) is 22.8. The molecule has 0 spiro atoms. The predicted octanol–water partition coefficient (Wildman–Crippen LogP) is 6.05. The van der Waals surface area contributed by atoms with E-state index in [2.05, 4.69) is 49.0 Å². The maximum atomic E-state index is 12.5. The number of amides is 1. The first-order valence-electron chi connectivity index (χ1n) is 9.58. The molecule has 10 heteroatoms. The van der Waals surface area contributed by atoms with Gasteiger partial charge in [-0.15, -0.1) is 0 Å². The maximum absolute atomic E-state index is 12.5. The third-order valence-corrected chi connectivity index (χ3v) is 5.85. The molecule has 4 rings (SSSR count). The van der Waals surface area contributed by atoms with Crippen molar-refractivity contribution in [1.82, 2.24) is 5.43 Å². The van der Waals surface area contributed by atoms with Gasteiger partial charge in [0.25, 0.3) is 5.69 Å². The minimum atomic E-state index is -0.473. The summed E-state index contributed by atoms with van der Waals surface area (Å²) in [7, 11) is 0. The second-order valence-electron chi connectivity index (χ2n) is 6.87. The zero-order valence-corrected chi connectivity index (χ0v) is 20.6. The number of furan rings is 1. The fourth-order valence-corrected chi connectivity index (χ4v) is 4.66. The molecule has 1 N–H and O–H groups in total. The highest BCUT2D eigenvalue weighted by molar-refractivity contribution is 14.1.